The lowest BCUT2D eigenvalue weighted by molar-refractivity contribution is -0.0751. The Labute approximate surface area is 340 Å². The summed E-state index contributed by atoms with van der Waals surface area (Å²) in [5.41, 5.74) is 6.49. The van der Waals surface area contributed by atoms with Gasteiger partial charge in [-0.05, 0) is 50.6 Å². The number of benzene rings is 6. The van der Waals surface area contributed by atoms with E-state index in [9.17, 15) is 15.3 Å². The van der Waals surface area contributed by atoms with Crippen molar-refractivity contribution >= 4 is 0 Å². The predicted molar refractivity (Wildman–Crippen MR) is 234 cm³/mol. The van der Waals surface area contributed by atoms with Gasteiger partial charge in [0.15, 0.2) is 0 Å². The lowest BCUT2D eigenvalue weighted by Gasteiger charge is -2.41. The zero-order valence-electron chi connectivity index (χ0n) is 35.0. The van der Waals surface area contributed by atoms with Crippen LogP contribution in [0.25, 0.3) is 0 Å². The van der Waals surface area contributed by atoms with Gasteiger partial charge in [0.1, 0.15) is 11.9 Å². The predicted octanol–water partition coefficient (Wildman–Crippen LogP) is 11.1. The molecular weight excluding hydrogens is 701 g/mol. The average molecular weight is 761 g/mol. The van der Waals surface area contributed by atoms with Gasteiger partial charge in [-0.2, -0.15) is 0 Å². The van der Waals surface area contributed by atoms with Gasteiger partial charge in [-0.15, -0.1) is 0 Å². The van der Waals surface area contributed by atoms with Gasteiger partial charge in [0.25, 0.3) is 0 Å². The number of aliphatic hydroxyl groups excluding tert-OH is 3. The first-order chi connectivity index (χ1) is 27.1. The highest BCUT2D eigenvalue weighted by Gasteiger charge is 2.45. The van der Waals surface area contributed by atoms with Crippen molar-refractivity contribution in [2.75, 3.05) is 19.8 Å². The smallest absolute Gasteiger partial charge is 0.136 e. The van der Waals surface area contributed by atoms with Crippen LogP contribution in [0.4, 0.5) is 0 Å². The van der Waals surface area contributed by atoms with Crippen molar-refractivity contribution in [1.82, 2.24) is 0 Å². The highest BCUT2D eigenvalue weighted by molar-refractivity contribution is 5.53. The number of hydrogen-bond acceptors (Lipinski definition) is 4. The summed E-state index contributed by atoms with van der Waals surface area (Å²) >= 11 is 0. The second-order valence-corrected chi connectivity index (χ2v) is 17.8. The Morgan fingerprint density at radius 3 is 1.11 bits per heavy atom. The van der Waals surface area contributed by atoms with Gasteiger partial charge in [0.05, 0.1) is 25.2 Å². The molecule has 1 atom stereocenters. The average Bonchev–Trinajstić information content (AvgIpc) is 3.25. The van der Waals surface area contributed by atoms with E-state index in [1.54, 1.807) is 0 Å². The highest BCUT2D eigenvalue weighted by Crippen LogP contribution is 2.48. The molecule has 6 aromatic carbocycles. The minimum atomic E-state index is -1.44. The quantitative estimate of drug-likeness (QED) is 0.0975. The molecule has 0 bridgehead atoms. The van der Waals surface area contributed by atoms with Crippen molar-refractivity contribution in [3.05, 3.63) is 208 Å². The van der Waals surface area contributed by atoms with Gasteiger partial charge in [-0.3, -0.25) is 0 Å². The summed E-state index contributed by atoms with van der Waals surface area (Å²) in [6.07, 6.45) is -0.942. The van der Waals surface area contributed by atoms with E-state index in [4.69, 9.17) is 4.74 Å². The van der Waals surface area contributed by atoms with Crippen LogP contribution in [0.1, 0.15) is 112 Å². The van der Waals surface area contributed by atoms with E-state index >= 15 is 0 Å². The molecule has 0 amide bonds. The van der Waals surface area contributed by atoms with E-state index in [0.717, 1.165) is 38.9 Å². The van der Waals surface area contributed by atoms with Crippen LogP contribution in [-0.2, 0) is 21.7 Å². The van der Waals surface area contributed by atoms with Crippen molar-refractivity contribution < 1.29 is 20.1 Å². The lowest BCUT2D eigenvalue weighted by Crippen LogP contribution is -2.44. The molecule has 0 heterocycles. The molecule has 0 saturated heterocycles. The maximum absolute atomic E-state index is 11.2. The normalized spacial score (nSPS) is 13.3. The van der Waals surface area contributed by atoms with Crippen LogP contribution in [0, 0.1) is 5.41 Å². The first-order valence-electron chi connectivity index (χ1n) is 20.1. The van der Waals surface area contributed by atoms with Crippen molar-refractivity contribution in [2.45, 2.75) is 83.2 Å². The standard InChI is InChI=1S/C53H60O4/c1-49(2,38-21-13-9-14-22-38)42-29-31-44(45(33-42)51(5,6)40-25-17-11-18-26-40)48(53(35-54,36-55)37-56)57-47-32-30-43(50(3,4)39-23-15-10-16-24-39)34-46(47)52(7,8)41-27-19-12-20-28-41/h9-34,48,54-56H,35-37H2,1-8H3. The third-order valence-corrected chi connectivity index (χ3v) is 12.8. The van der Waals surface area contributed by atoms with E-state index in [0.29, 0.717) is 5.75 Å². The zero-order valence-corrected chi connectivity index (χ0v) is 35.0. The fraction of sp³-hybridized carbons (Fsp3) is 0.321. The topological polar surface area (TPSA) is 69.9 Å². The van der Waals surface area contributed by atoms with Gasteiger partial charge in [-0.25, -0.2) is 0 Å². The lowest BCUT2D eigenvalue weighted by atomic mass is 9.68. The van der Waals surface area contributed by atoms with E-state index in [-0.39, 0.29) is 10.8 Å². The minimum Gasteiger partial charge on any atom is -0.485 e. The molecule has 0 aromatic heterocycles. The molecule has 0 saturated carbocycles. The molecule has 6 rings (SSSR count). The van der Waals surface area contributed by atoms with Crippen LogP contribution in [0.15, 0.2) is 158 Å². The summed E-state index contributed by atoms with van der Waals surface area (Å²) < 4.78 is 7.35. The molecule has 0 aliphatic rings. The molecular formula is C53H60O4. The van der Waals surface area contributed by atoms with Gasteiger partial charge < -0.3 is 20.1 Å². The molecule has 0 spiro atoms. The van der Waals surface area contributed by atoms with Crippen LogP contribution >= 0.6 is 0 Å². The fourth-order valence-corrected chi connectivity index (χ4v) is 8.33. The highest BCUT2D eigenvalue weighted by atomic mass is 16.5. The van der Waals surface area contributed by atoms with Crippen LogP contribution in [0.2, 0.25) is 0 Å². The van der Waals surface area contributed by atoms with Gasteiger partial charge in [-0.1, -0.05) is 207 Å². The minimum absolute atomic E-state index is 0.319. The summed E-state index contributed by atoms with van der Waals surface area (Å²) in [7, 11) is 0. The Morgan fingerprint density at radius 2 is 0.719 bits per heavy atom. The van der Waals surface area contributed by atoms with E-state index in [1.165, 1.54) is 11.1 Å². The first-order valence-corrected chi connectivity index (χ1v) is 20.1. The molecule has 4 heteroatoms. The van der Waals surface area contributed by atoms with Crippen molar-refractivity contribution in [1.29, 1.82) is 0 Å². The Morgan fingerprint density at radius 1 is 0.386 bits per heavy atom. The SMILES string of the molecule is CC(C)(c1ccccc1)c1ccc(OC(c2ccc(C(C)(C)c3ccccc3)cc2C(C)(C)c2ccccc2)C(CO)(CO)CO)c(C(C)(C)c2ccccc2)c1. The van der Waals surface area contributed by atoms with Crippen molar-refractivity contribution in [2.24, 2.45) is 5.41 Å². The maximum atomic E-state index is 11.2. The van der Waals surface area contributed by atoms with Gasteiger partial charge in [0.2, 0.25) is 0 Å². The van der Waals surface area contributed by atoms with E-state index in [1.807, 2.05) is 30.3 Å². The molecule has 296 valence electrons. The largest absolute Gasteiger partial charge is 0.485 e. The Balaban J connectivity index is 1.61. The second kappa shape index (κ2) is 16.5. The Hall–Kier alpha value is -5.00. The molecule has 57 heavy (non-hydrogen) atoms. The number of ether oxygens (including phenoxy) is 1. The molecule has 3 N–H and O–H groups in total. The van der Waals surface area contributed by atoms with Crippen molar-refractivity contribution in [3.8, 4) is 5.75 Å². The maximum Gasteiger partial charge on any atom is 0.136 e. The monoisotopic (exact) mass is 760 g/mol. The molecule has 4 nitrogen and oxygen atoms in total. The molecule has 0 aliphatic carbocycles. The number of aliphatic hydroxyl groups is 3. The van der Waals surface area contributed by atoms with Crippen LogP contribution < -0.4 is 4.74 Å². The van der Waals surface area contributed by atoms with Gasteiger partial charge >= 0.3 is 0 Å². The Kier molecular flexibility index (Phi) is 12.0. The van der Waals surface area contributed by atoms with Crippen LogP contribution in [0.5, 0.6) is 5.75 Å². The summed E-state index contributed by atoms with van der Waals surface area (Å²) in [6, 6.07) is 54.8. The summed E-state index contributed by atoms with van der Waals surface area (Å²) in [6.45, 7) is 16.3. The molecule has 0 radical (unpaired) electrons. The first kappa shape index (κ1) is 41.6. The molecule has 6 aromatic rings. The fourth-order valence-electron chi connectivity index (χ4n) is 8.33. The molecule has 1 unspecified atom stereocenters. The molecule has 0 aliphatic heterocycles. The van der Waals surface area contributed by atoms with E-state index in [2.05, 4.69) is 183 Å². The zero-order chi connectivity index (χ0) is 41.1. The Bertz CT molecular complexity index is 2210. The third-order valence-electron chi connectivity index (χ3n) is 12.8. The number of hydrogen-bond donors (Lipinski definition) is 3. The van der Waals surface area contributed by atoms with Gasteiger partial charge in [0, 0.05) is 27.2 Å². The summed E-state index contributed by atoms with van der Waals surface area (Å²) in [5.74, 6) is 0.623. The molecule has 0 fully saturated rings. The van der Waals surface area contributed by atoms with Crippen molar-refractivity contribution in [3.63, 3.8) is 0 Å². The third kappa shape index (κ3) is 7.96. The number of rotatable bonds is 15. The van der Waals surface area contributed by atoms with Crippen LogP contribution in [-0.4, -0.2) is 35.1 Å². The summed E-state index contributed by atoms with van der Waals surface area (Å²) in [4.78, 5) is 0. The van der Waals surface area contributed by atoms with Crippen LogP contribution in [0.3, 0.4) is 0 Å². The summed E-state index contributed by atoms with van der Waals surface area (Å²) in [5, 5.41) is 33.6. The second-order valence-electron chi connectivity index (χ2n) is 17.8. The van der Waals surface area contributed by atoms with E-state index < -0.39 is 42.2 Å².